The Bertz CT molecular complexity index is 981. The summed E-state index contributed by atoms with van der Waals surface area (Å²) >= 11 is 7.22. The molecule has 0 saturated carbocycles. The predicted octanol–water partition coefficient (Wildman–Crippen LogP) is 3.19. The second kappa shape index (κ2) is 7.72. The molecule has 8 heteroatoms. The number of halogens is 1. The summed E-state index contributed by atoms with van der Waals surface area (Å²) < 4.78 is 5.20. The molecular formula is C21H19ClN2O4S. The van der Waals surface area contributed by atoms with Crippen LogP contribution in [0.3, 0.4) is 0 Å². The van der Waals surface area contributed by atoms with Gasteiger partial charge in [0, 0.05) is 22.0 Å². The number of ether oxygens (including phenoxy) is 1. The van der Waals surface area contributed by atoms with Crippen molar-refractivity contribution in [2.45, 2.75) is 24.3 Å². The van der Waals surface area contributed by atoms with Crippen LogP contribution in [0.4, 0.5) is 5.69 Å². The van der Waals surface area contributed by atoms with E-state index in [1.54, 1.807) is 37.3 Å². The highest BCUT2D eigenvalue weighted by Gasteiger charge is 2.61. The Morgan fingerprint density at radius 2 is 1.97 bits per heavy atom. The average molecular weight is 431 g/mol. The molecule has 29 heavy (non-hydrogen) atoms. The molecule has 4 rings (SSSR count). The number of anilines is 1. The predicted molar refractivity (Wildman–Crippen MR) is 112 cm³/mol. The Morgan fingerprint density at radius 1 is 1.24 bits per heavy atom. The quantitative estimate of drug-likeness (QED) is 0.754. The first-order valence-corrected chi connectivity index (χ1v) is 10.6. The summed E-state index contributed by atoms with van der Waals surface area (Å²) in [5, 5.41) is 3.43. The molecule has 2 heterocycles. The molecule has 2 aliphatic rings. The van der Waals surface area contributed by atoms with Crippen LogP contribution in [-0.2, 0) is 30.4 Å². The minimum atomic E-state index is -1.28. The van der Waals surface area contributed by atoms with Crippen molar-refractivity contribution in [3.8, 4) is 0 Å². The number of thioether (sulfide) groups is 1. The summed E-state index contributed by atoms with van der Waals surface area (Å²) in [4.78, 5) is 39.3. The second-order valence-corrected chi connectivity index (χ2v) is 8.44. The zero-order valence-corrected chi connectivity index (χ0v) is 17.3. The van der Waals surface area contributed by atoms with Crippen LogP contribution in [0.25, 0.3) is 0 Å². The molecule has 1 spiro atoms. The van der Waals surface area contributed by atoms with Gasteiger partial charge in [-0.05, 0) is 30.7 Å². The van der Waals surface area contributed by atoms with Gasteiger partial charge < -0.3 is 15.0 Å². The van der Waals surface area contributed by atoms with E-state index in [4.69, 9.17) is 16.3 Å². The minimum Gasteiger partial charge on any atom is -0.464 e. The standard InChI is InChI=1S/C21H19ClN2O4S/c1-2-28-19(26)17-12-29-21(15-5-3-4-6-16(15)23-20(21)27)24(17)18(25)11-13-7-9-14(22)10-8-13/h3-10,17H,2,11-12H2,1H3,(H,23,27)/t17-,21-/m0/s1. The normalized spacial score (nSPS) is 22.5. The lowest BCUT2D eigenvalue weighted by atomic mass is 10.0. The fourth-order valence-corrected chi connectivity index (χ4v) is 5.48. The molecule has 1 N–H and O–H groups in total. The lowest BCUT2D eigenvalue weighted by Gasteiger charge is -2.35. The van der Waals surface area contributed by atoms with Crippen LogP contribution in [0.1, 0.15) is 18.1 Å². The lowest BCUT2D eigenvalue weighted by Crippen LogP contribution is -2.54. The smallest absolute Gasteiger partial charge is 0.329 e. The number of rotatable bonds is 4. The van der Waals surface area contributed by atoms with E-state index in [0.29, 0.717) is 16.3 Å². The van der Waals surface area contributed by atoms with Gasteiger partial charge in [-0.1, -0.05) is 41.9 Å². The number of hydrogen-bond acceptors (Lipinski definition) is 5. The Kier molecular flexibility index (Phi) is 5.27. The molecule has 0 aliphatic carbocycles. The maximum absolute atomic E-state index is 13.4. The number of fused-ring (bicyclic) bond motifs is 2. The van der Waals surface area contributed by atoms with Crippen LogP contribution in [-0.4, -0.2) is 41.1 Å². The summed E-state index contributed by atoms with van der Waals surface area (Å²) in [6, 6.07) is 13.4. The van der Waals surface area contributed by atoms with Gasteiger partial charge in [-0.2, -0.15) is 0 Å². The number of para-hydroxylation sites is 1. The van der Waals surface area contributed by atoms with E-state index < -0.39 is 16.9 Å². The first-order chi connectivity index (χ1) is 14.0. The number of carbonyl (C=O) groups is 3. The van der Waals surface area contributed by atoms with E-state index >= 15 is 0 Å². The van der Waals surface area contributed by atoms with Crippen molar-refractivity contribution < 1.29 is 19.1 Å². The molecule has 1 saturated heterocycles. The molecule has 2 amide bonds. The monoisotopic (exact) mass is 430 g/mol. The van der Waals surface area contributed by atoms with E-state index in [-0.39, 0.29) is 30.6 Å². The van der Waals surface area contributed by atoms with Crippen molar-refractivity contribution in [2.24, 2.45) is 0 Å². The van der Waals surface area contributed by atoms with E-state index in [9.17, 15) is 14.4 Å². The van der Waals surface area contributed by atoms with Gasteiger partial charge in [0.1, 0.15) is 6.04 Å². The molecule has 2 atom stereocenters. The van der Waals surface area contributed by atoms with Crippen molar-refractivity contribution in [1.82, 2.24) is 4.90 Å². The van der Waals surface area contributed by atoms with Crippen LogP contribution >= 0.6 is 23.4 Å². The van der Waals surface area contributed by atoms with E-state index in [1.807, 2.05) is 18.2 Å². The van der Waals surface area contributed by atoms with Gasteiger partial charge in [-0.25, -0.2) is 4.79 Å². The highest BCUT2D eigenvalue weighted by molar-refractivity contribution is 8.01. The summed E-state index contributed by atoms with van der Waals surface area (Å²) in [5.74, 6) is -0.854. The first kappa shape index (κ1) is 19.8. The van der Waals surface area contributed by atoms with Crippen molar-refractivity contribution in [1.29, 1.82) is 0 Å². The van der Waals surface area contributed by atoms with Crippen molar-refractivity contribution >= 4 is 46.8 Å². The molecule has 0 aromatic heterocycles. The van der Waals surface area contributed by atoms with E-state index in [1.165, 1.54) is 16.7 Å². The fourth-order valence-electron chi connectivity index (χ4n) is 3.79. The Morgan fingerprint density at radius 3 is 2.69 bits per heavy atom. The number of benzene rings is 2. The summed E-state index contributed by atoms with van der Waals surface area (Å²) in [5.41, 5.74) is 2.09. The zero-order chi connectivity index (χ0) is 20.6. The Labute approximate surface area is 177 Å². The molecule has 2 aromatic rings. The highest BCUT2D eigenvalue weighted by Crippen LogP contribution is 2.53. The Hall–Kier alpha value is -2.51. The van der Waals surface area contributed by atoms with Crippen LogP contribution in [0.2, 0.25) is 5.02 Å². The number of nitrogens with one attached hydrogen (secondary N) is 1. The molecule has 0 bridgehead atoms. The molecule has 0 unspecified atom stereocenters. The third-order valence-electron chi connectivity index (χ3n) is 5.05. The van der Waals surface area contributed by atoms with Crippen LogP contribution in [0.15, 0.2) is 48.5 Å². The number of hydrogen-bond donors (Lipinski definition) is 1. The molecule has 2 aromatic carbocycles. The fraction of sp³-hybridized carbons (Fsp3) is 0.286. The van der Waals surface area contributed by atoms with Gasteiger partial charge in [0.15, 0.2) is 4.87 Å². The van der Waals surface area contributed by atoms with Crippen LogP contribution < -0.4 is 5.32 Å². The number of esters is 1. The Balaban J connectivity index is 1.75. The number of carbonyl (C=O) groups excluding carboxylic acids is 3. The lowest BCUT2D eigenvalue weighted by molar-refractivity contribution is -0.156. The number of amides is 2. The highest BCUT2D eigenvalue weighted by atomic mass is 35.5. The third-order valence-corrected chi connectivity index (χ3v) is 6.80. The molecule has 150 valence electrons. The first-order valence-electron chi connectivity index (χ1n) is 9.25. The van der Waals surface area contributed by atoms with Crippen molar-refractivity contribution in [2.75, 3.05) is 17.7 Å². The molecular weight excluding hydrogens is 412 g/mol. The van der Waals surface area contributed by atoms with E-state index in [0.717, 1.165) is 5.56 Å². The number of nitrogens with zero attached hydrogens (tertiary/aromatic N) is 1. The largest absolute Gasteiger partial charge is 0.464 e. The van der Waals surface area contributed by atoms with Crippen LogP contribution in [0, 0.1) is 0 Å². The van der Waals surface area contributed by atoms with Gasteiger partial charge in [0.05, 0.1) is 13.0 Å². The SMILES string of the molecule is CCOC(=O)[C@@H]1CS[C@@]2(C(=O)Nc3ccccc32)N1C(=O)Cc1ccc(Cl)cc1. The van der Waals surface area contributed by atoms with E-state index in [2.05, 4.69) is 5.32 Å². The summed E-state index contributed by atoms with van der Waals surface area (Å²) in [7, 11) is 0. The molecule has 0 radical (unpaired) electrons. The van der Waals surface area contributed by atoms with Crippen molar-refractivity contribution in [3.63, 3.8) is 0 Å². The summed E-state index contributed by atoms with van der Waals surface area (Å²) in [6.07, 6.45) is 0.0465. The molecule has 6 nitrogen and oxygen atoms in total. The average Bonchev–Trinajstić information content (AvgIpc) is 3.24. The van der Waals surface area contributed by atoms with Gasteiger partial charge in [-0.15, -0.1) is 11.8 Å². The summed E-state index contributed by atoms with van der Waals surface area (Å²) in [6.45, 7) is 1.92. The van der Waals surface area contributed by atoms with Crippen molar-refractivity contribution in [3.05, 3.63) is 64.7 Å². The third kappa shape index (κ3) is 3.28. The maximum atomic E-state index is 13.4. The topological polar surface area (TPSA) is 75.7 Å². The molecule has 1 fully saturated rings. The zero-order valence-electron chi connectivity index (χ0n) is 15.7. The van der Waals surface area contributed by atoms with Gasteiger partial charge in [0.25, 0.3) is 5.91 Å². The maximum Gasteiger partial charge on any atom is 0.329 e. The van der Waals surface area contributed by atoms with Crippen LogP contribution in [0.5, 0.6) is 0 Å². The van der Waals surface area contributed by atoms with Gasteiger partial charge in [-0.3, -0.25) is 9.59 Å². The van der Waals surface area contributed by atoms with Gasteiger partial charge >= 0.3 is 5.97 Å². The molecule has 2 aliphatic heterocycles. The minimum absolute atomic E-state index is 0.0465. The van der Waals surface area contributed by atoms with Gasteiger partial charge in [0.2, 0.25) is 5.91 Å². The second-order valence-electron chi connectivity index (χ2n) is 6.79.